The molecule has 0 spiro atoms. The summed E-state index contributed by atoms with van der Waals surface area (Å²) >= 11 is 6.01. The van der Waals surface area contributed by atoms with Crippen LogP contribution in [0.3, 0.4) is 0 Å². The number of hydrogen-bond acceptors (Lipinski definition) is 5. The number of nitrogens with zero attached hydrogens (tertiary/aromatic N) is 4. The molecule has 36 heavy (non-hydrogen) atoms. The van der Waals surface area contributed by atoms with E-state index in [4.69, 9.17) is 16.3 Å². The number of anilines is 1. The zero-order valence-corrected chi connectivity index (χ0v) is 21.8. The van der Waals surface area contributed by atoms with E-state index in [2.05, 4.69) is 27.3 Å². The van der Waals surface area contributed by atoms with E-state index in [0.29, 0.717) is 31.2 Å². The SMILES string of the molecule is CC(C)(C)OC(=O)N1CCc2c(c3cc(N4CCCC4)ccc3n2C(=O)NCc2ccnc(Cl)c2)C1. The van der Waals surface area contributed by atoms with Gasteiger partial charge in [0.05, 0.1) is 12.1 Å². The third kappa shape index (κ3) is 5.00. The molecule has 0 bridgehead atoms. The number of carbonyl (C=O) groups excluding carboxylic acids is 2. The number of aromatic nitrogens is 2. The van der Waals surface area contributed by atoms with E-state index in [1.54, 1.807) is 21.7 Å². The molecule has 1 saturated heterocycles. The average molecular weight is 510 g/mol. The van der Waals surface area contributed by atoms with Crippen LogP contribution in [0, 0.1) is 0 Å². The number of ether oxygens (including phenoxy) is 1. The lowest BCUT2D eigenvalue weighted by Gasteiger charge is -2.30. The normalized spacial score (nSPS) is 15.8. The Morgan fingerprint density at radius 2 is 1.89 bits per heavy atom. The van der Waals surface area contributed by atoms with E-state index >= 15 is 0 Å². The molecule has 1 N–H and O–H groups in total. The summed E-state index contributed by atoms with van der Waals surface area (Å²) < 4.78 is 7.41. The van der Waals surface area contributed by atoms with Gasteiger partial charge in [0.25, 0.3) is 0 Å². The van der Waals surface area contributed by atoms with Crippen molar-refractivity contribution in [3.8, 4) is 0 Å². The number of pyridine rings is 1. The van der Waals surface area contributed by atoms with Crippen molar-refractivity contribution in [2.45, 2.75) is 58.7 Å². The zero-order chi connectivity index (χ0) is 25.4. The molecule has 9 heteroatoms. The van der Waals surface area contributed by atoms with Crippen LogP contribution < -0.4 is 10.2 Å². The summed E-state index contributed by atoms with van der Waals surface area (Å²) in [6, 6.07) is 9.67. The summed E-state index contributed by atoms with van der Waals surface area (Å²) in [7, 11) is 0. The minimum Gasteiger partial charge on any atom is -0.444 e. The van der Waals surface area contributed by atoms with Gasteiger partial charge in [0, 0.05) is 61.1 Å². The summed E-state index contributed by atoms with van der Waals surface area (Å²) in [5.41, 5.74) is 4.25. The molecule has 0 unspecified atom stereocenters. The van der Waals surface area contributed by atoms with Crippen LogP contribution in [0.2, 0.25) is 5.15 Å². The Balaban J connectivity index is 1.49. The number of halogens is 1. The molecule has 1 fully saturated rings. The largest absolute Gasteiger partial charge is 0.444 e. The maximum atomic E-state index is 13.5. The molecule has 0 saturated carbocycles. The third-order valence-electron chi connectivity index (χ3n) is 6.69. The van der Waals surface area contributed by atoms with E-state index in [1.807, 2.05) is 32.9 Å². The molecule has 4 heterocycles. The van der Waals surface area contributed by atoms with Crippen molar-refractivity contribution in [2.24, 2.45) is 0 Å². The number of rotatable bonds is 3. The van der Waals surface area contributed by atoms with Gasteiger partial charge in [0.15, 0.2) is 0 Å². The Bertz CT molecular complexity index is 1310. The first-order chi connectivity index (χ1) is 17.2. The summed E-state index contributed by atoms with van der Waals surface area (Å²) in [5, 5.41) is 4.42. The Hall–Kier alpha value is -3.26. The van der Waals surface area contributed by atoms with Crippen LogP contribution in [0.4, 0.5) is 15.3 Å². The predicted molar refractivity (Wildman–Crippen MR) is 141 cm³/mol. The lowest BCUT2D eigenvalue weighted by atomic mass is 10.0. The minimum atomic E-state index is -0.565. The summed E-state index contributed by atoms with van der Waals surface area (Å²) in [4.78, 5) is 34.5. The van der Waals surface area contributed by atoms with Gasteiger partial charge in [-0.2, -0.15) is 0 Å². The Morgan fingerprint density at radius 3 is 2.61 bits per heavy atom. The standard InChI is InChI=1S/C27H32ClN5O3/c1-27(2,3)36-26(35)32-13-9-23-21(17-32)20-15-19(31-11-4-5-12-31)6-7-22(20)33(23)25(34)30-16-18-8-10-29-24(28)14-18/h6-8,10,14-15H,4-5,9,11-13,16-17H2,1-3H3,(H,30,34). The fraction of sp³-hybridized carbons (Fsp3) is 0.444. The van der Waals surface area contributed by atoms with Gasteiger partial charge in [-0.1, -0.05) is 11.6 Å². The van der Waals surface area contributed by atoms with E-state index < -0.39 is 5.60 Å². The molecule has 2 aliphatic rings. The van der Waals surface area contributed by atoms with Crippen LogP contribution in [0.1, 0.15) is 50.4 Å². The monoisotopic (exact) mass is 509 g/mol. The first-order valence-electron chi connectivity index (χ1n) is 12.5. The van der Waals surface area contributed by atoms with Gasteiger partial charge in [-0.25, -0.2) is 14.6 Å². The maximum Gasteiger partial charge on any atom is 0.410 e. The highest BCUT2D eigenvalue weighted by Crippen LogP contribution is 2.35. The first-order valence-corrected chi connectivity index (χ1v) is 12.8. The number of nitrogens with one attached hydrogen (secondary N) is 1. The molecule has 2 amide bonds. The third-order valence-corrected chi connectivity index (χ3v) is 6.90. The number of fused-ring (bicyclic) bond motifs is 3. The first kappa shape index (κ1) is 24.4. The highest BCUT2D eigenvalue weighted by molar-refractivity contribution is 6.29. The molecule has 2 aliphatic heterocycles. The zero-order valence-electron chi connectivity index (χ0n) is 21.0. The maximum absolute atomic E-state index is 13.5. The smallest absolute Gasteiger partial charge is 0.410 e. The second-order valence-electron chi connectivity index (χ2n) is 10.5. The predicted octanol–water partition coefficient (Wildman–Crippen LogP) is 5.34. The summed E-state index contributed by atoms with van der Waals surface area (Å²) in [5.74, 6) is 0. The molecule has 8 nitrogen and oxygen atoms in total. The van der Waals surface area contributed by atoms with Crippen LogP contribution in [-0.4, -0.2) is 51.8 Å². The van der Waals surface area contributed by atoms with Crippen molar-refractivity contribution in [3.63, 3.8) is 0 Å². The van der Waals surface area contributed by atoms with Crippen LogP contribution >= 0.6 is 11.6 Å². The van der Waals surface area contributed by atoms with Crippen molar-refractivity contribution in [2.75, 3.05) is 24.5 Å². The van der Waals surface area contributed by atoms with Gasteiger partial charge in [0.1, 0.15) is 10.8 Å². The Morgan fingerprint density at radius 1 is 1.11 bits per heavy atom. The number of amides is 2. The van der Waals surface area contributed by atoms with E-state index in [-0.39, 0.29) is 12.1 Å². The van der Waals surface area contributed by atoms with E-state index in [0.717, 1.165) is 46.5 Å². The fourth-order valence-electron chi connectivity index (χ4n) is 5.04. The number of hydrogen-bond donors (Lipinski definition) is 1. The highest BCUT2D eigenvalue weighted by Gasteiger charge is 2.31. The van der Waals surface area contributed by atoms with Gasteiger partial charge in [-0.05, 0) is 69.5 Å². The molecule has 3 aromatic rings. The van der Waals surface area contributed by atoms with Gasteiger partial charge in [-0.3, -0.25) is 4.57 Å². The average Bonchev–Trinajstić information content (AvgIpc) is 3.47. The van der Waals surface area contributed by atoms with Crippen LogP contribution in [0.5, 0.6) is 0 Å². The second kappa shape index (κ2) is 9.65. The van der Waals surface area contributed by atoms with E-state index in [1.165, 1.54) is 12.8 Å². The highest BCUT2D eigenvalue weighted by atomic mass is 35.5. The fourth-order valence-corrected chi connectivity index (χ4v) is 5.24. The van der Waals surface area contributed by atoms with Gasteiger partial charge >= 0.3 is 12.1 Å². The number of benzene rings is 1. The second-order valence-corrected chi connectivity index (χ2v) is 10.8. The molecule has 0 aliphatic carbocycles. The van der Waals surface area contributed by atoms with Gasteiger partial charge in [-0.15, -0.1) is 0 Å². The van der Waals surface area contributed by atoms with Crippen molar-refractivity contribution >= 4 is 40.3 Å². The van der Waals surface area contributed by atoms with Gasteiger partial charge < -0.3 is 19.9 Å². The Kier molecular flexibility index (Phi) is 6.55. The van der Waals surface area contributed by atoms with Crippen molar-refractivity contribution in [1.82, 2.24) is 19.8 Å². The quantitative estimate of drug-likeness (QED) is 0.482. The van der Waals surface area contributed by atoms with E-state index in [9.17, 15) is 9.59 Å². The molecule has 190 valence electrons. The van der Waals surface area contributed by atoms with Crippen LogP contribution in [-0.2, 0) is 24.2 Å². The van der Waals surface area contributed by atoms with Crippen molar-refractivity contribution < 1.29 is 14.3 Å². The molecular formula is C27H32ClN5O3. The lowest BCUT2D eigenvalue weighted by Crippen LogP contribution is -2.40. The molecule has 1 aromatic carbocycles. The topological polar surface area (TPSA) is 79.7 Å². The molecule has 0 radical (unpaired) electrons. The lowest BCUT2D eigenvalue weighted by molar-refractivity contribution is 0.0224. The molecular weight excluding hydrogens is 478 g/mol. The van der Waals surface area contributed by atoms with Gasteiger partial charge in [0.2, 0.25) is 0 Å². The minimum absolute atomic E-state index is 0.200. The van der Waals surface area contributed by atoms with Crippen molar-refractivity contribution in [1.29, 1.82) is 0 Å². The molecule has 5 rings (SSSR count). The summed E-state index contributed by atoms with van der Waals surface area (Å²) in [6.07, 6.45) is 4.23. The summed E-state index contributed by atoms with van der Waals surface area (Å²) in [6.45, 7) is 8.92. The molecule has 0 atom stereocenters. The Labute approximate surface area is 216 Å². The van der Waals surface area contributed by atoms with Crippen molar-refractivity contribution in [3.05, 3.63) is 58.5 Å². The van der Waals surface area contributed by atoms with Crippen LogP contribution in [0.25, 0.3) is 10.9 Å². The van der Waals surface area contributed by atoms with Crippen LogP contribution in [0.15, 0.2) is 36.5 Å². The number of carbonyl (C=O) groups is 2. The molecule has 2 aromatic heterocycles.